The van der Waals surface area contributed by atoms with Crippen molar-refractivity contribution >= 4 is 38.3 Å². The van der Waals surface area contributed by atoms with Crippen molar-refractivity contribution in [2.45, 2.75) is 24.4 Å². The molecule has 0 amide bonds. The molecule has 5 aromatic rings. The summed E-state index contributed by atoms with van der Waals surface area (Å²) in [5.41, 5.74) is 0.243. The van der Waals surface area contributed by atoms with Gasteiger partial charge in [0.25, 0.3) is 0 Å². The lowest BCUT2D eigenvalue weighted by Crippen LogP contribution is -2.58. The van der Waals surface area contributed by atoms with E-state index in [0.717, 1.165) is 26.9 Å². The molecule has 0 saturated heterocycles. The van der Waals surface area contributed by atoms with E-state index in [2.05, 4.69) is 4.74 Å². The number of carbonyl (C=O) groups is 1. The molecule has 0 bridgehead atoms. The average Bonchev–Trinajstić information content (AvgIpc) is 2.91. The van der Waals surface area contributed by atoms with Gasteiger partial charge in [0.2, 0.25) is 0 Å². The Morgan fingerprint density at radius 1 is 0.744 bits per heavy atom. The standard InChI is InChI=1S/C29H22F6NO3/c1-36-13-11-21(12-14-36)26(37)39-17-28(32,33)29(34,35)27(30,31)16-38-15-22-8-7-20-6-5-18-3-2-4-19-9-10-23(22)25(20)24(18)19/h2-14H,15-17H2,1H3/q+1. The van der Waals surface area contributed by atoms with E-state index in [0.29, 0.717) is 10.9 Å². The summed E-state index contributed by atoms with van der Waals surface area (Å²) in [6, 6.07) is 19.1. The highest BCUT2D eigenvalue weighted by Gasteiger charge is 2.72. The molecule has 39 heavy (non-hydrogen) atoms. The Morgan fingerprint density at radius 2 is 1.31 bits per heavy atom. The monoisotopic (exact) mass is 546 g/mol. The summed E-state index contributed by atoms with van der Waals surface area (Å²) < 4.78 is 96.8. The first-order chi connectivity index (χ1) is 18.4. The highest BCUT2D eigenvalue weighted by molar-refractivity contribution is 6.23. The topological polar surface area (TPSA) is 39.4 Å². The first-order valence-corrected chi connectivity index (χ1v) is 11.9. The molecule has 4 nitrogen and oxygen atoms in total. The van der Waals surface area contributed by atoms with Crippen molar-refractivity contribution in [1.29, 1.82) is 0 Å². The van der Waals surface area contributed by atoms with Crippen molar-refractivity contribution in [3.8, 4) is 0 Å². The van der Waals surface area contributed by atoms with E-state index in [4.69, 9.17) is 4.74 Å². The van der Waals surface area contributed by atoms with Crippen LogP contribution in [0.3, 0.4) is 0 Å². The maximum Gasteiger partial charge on any atom is 0.377 e. The van der Waals surface area contributed by atoms with E-state index in [-0.39, 0.29) is 5.56 Å². The predicted molar refractivity (Wildman–Crippen MR) is 133 cm³/mol. The molecule has 4 aromatic carbocycles. The zero-order chi connectivity index (χ0) is 28.0. The Kier molecular flexibility index (Phi) is 6.62. The smallest absolute Gasteiger partial charge is 0.377 e. The number of hydrogen-bond acceptors (Lipinski definition) is 3. The fourth-order valence-electron chi connectivity index (χ4n) is 4.54. The van der Waals surface area contributed by atoms with Crippen LogP contribution in [0.25, 0.3) is 32.3 Å². The molecule has 0 aliphatic rings. The molecule has 0 saturated carbocycles. The van der Waals surface area contributed by atoms with E-state index in [1.165, 1.54) is 29.1 Å². The molecular weight excluding hydrogens is 524 g/mol. The van der Waals surface area contributed by atoms with Crippen LogP contribution in [0.15, 0.2) is 79.1 Å². The van der Waals surface area contributed by atoms with Crippen LogP contribution in [0.4, 0.5) is 26.3 Å². The number of carbonyl (C=O) groups excluding carboxylic acids is 1. The molecule has 0 radical (unpaired) electrons. The molecule has 0 spiro atoms. The second-order valence-corrected chi connectivity index (χ2v) is 9.39. The van der Waals surface area contributed by atoms with Crippen LogP contribution in [0.2, 0.25) is 0 Å². The number of aromatic nitrogens is 1. The highest BCUT2D eigenvalue weighted by atomic mass is 19.3. The minimum atomic E-state index is -5.86. The predicted octanol–water partition coefficient (Wildman–Crippen LogP) is 6.69. The van der Waals surface area contributed by atoms with Crippen molar-refractivity contribution in [3.63, 3.8) is 0 Å². The van der Waals surface area contributed by atoms with Crippen molar-refractivity contribution in [2.75, 3.05) is 13.2 Å². The Labute approximate surface area is 218 Å². The third-order valence-electron chi connectivity index (χ3n) is 6.68. The fourth-order valence-corrected chi connectivity index (χ4v) is 4.54. The lowest BCUT2D eigenvalue weighted by Gasteiger charge is -2.32. The summed E-state index contributed by atoms with van der Waals surface area (Å²) in [6.07, 6.45) is 2.80. The normalized spacial score (nSPS) is 13.0. The summed E-state index contributed by atoms with van der Waals surface area (Å²) in [4.78, 5) is 11.9. The van der Waals surface area contributed by atoms with Gasteiger partial charge in [0, 0.05) is 12.1 Å². The maximum absolute atomic E-state index is 14.4. The van der Waals surface area contributed by atoms with Crippen LogP contribution >= 0.6 is 0 Å². The van der Waals surface area contributed by atoms with Crippen LogP contribution in [0.5, 0.6) is 0 Å². The van der Waals surface area contributed by atoms with Crippen molar-refractivity contribution in [3.05, 3.63) is 90.3 Å². The van der Waals surface area contributed by atoms with Gasteiger partial charge in [-0.3, -0.25) is 0 Å². The number of alkyl halides is 6. The second kappa shape index (κ2) is 9.68. The van der Waals surface area contributed by atoms with Gasteiger partial charge in [-0.25, -0.2) is 9.36 Å². The number of rotatable bonds is 9. The van der Waals surface area contributed by atoms with Crippen molar-refractivity contribution in [1.82, 2.24) is 0 Å². The van der Waals surface area contributed by atoms with Crippen LogP contribution in [-0.2, 0) is 23.1 Å². The van der Waals surface area contributed by atoms with Gasteiger partial charge < -0.3 is 9.47 Å². The molecule has 0 atom stereocenters. The molecule has 0 aliphatic carbocycles. The molecule has 0 aliphatic heterocycles. The van der Waals surface area contributed by atoms with Gasteiger partial charge in [-0.2, -0.15) is 26.3 Å². The molecule has 5 rings (SSSR count). The number of aryl methyl sites for hydroxylation is 1. The number of nitrogens with zero attached hydrogens (tertiary/aromatic N) is 1. The van der Waals surface area contributed by atoms with E-state index in [1.54, 1.807) is 25.2 Å². The van der Waals surface area contributed by atoms with Crippen LogP contribution < -0.4 is 4.57 Å². The van der Waals surface area contributed by atoms with Gasteiger partial charge in [-0.05, 0) is 37.9 Å². The van der Waals surface area contributed by atoms with Gasteiger partial charge in [-0.1, -0.05) is 54.6 Å². The Hall–Kier alpha value is -3.92. The average molecular weight is 546 g/mol. The SMILES string of the molecule is C[n+]1ccc(C(=O)OCC(F)(F)C(F)(F)C(F)(F)COCc2ccc3ccc4cccc5ccc2c3c45)cc1. The van der Waals surface area contributed by atoms with E-state index < -0.39 is 43.6 Å². The first-order valence-electron chi connectivity index (χ1n) is 11.9. The van der Waals surface area contributed by atoms with Gasteiger partial charge in [-0.15, -0.1) is 0 Å². The van der Waals surface area contributed by atoms with Crippen LogP contribution in [-0.4, -0.2) is 37.0 Å². The molecule has 1 heterocycles. The summed E-state index contributed by atoms with van der Waals surface area (Å²) in [7, 11) is 1.62. The van der Waals surface area contributed by atoms with E-state index in [1.807, 2.05) is 36.4 Å². The second-order valence-electron chi connectivity index (χ2n) is 9.39. The van der Waals surface area contributed by atoms with E-state index in [9.17, 15) is 31.1 Å². The van der Waals surface area contributed by atoms with E-state index >= 15 is 0 Å². The summed E-state index contributed by atoms with van der Waals surface area (Å²) in [5, 5.41) is 5.35. The molecule has 0 fully saturated rings. The van der Waals surface area contributed by atoms with Crippen molar-refractivity contribution < 1.29 is 45.2 Å². The third-order valence-corrected chi connectivity index (χ3v) is 6.68. The lowest BCUT2D eigenvalue weighted by molar-refractivity contribution is -0.671. The van der Waals surface area contributed by atoms with Crippen LogP contribution in [0, 0.1) is 0 Å². The number of hydrogen-bond donors (Lipinski definition) is 0. The number of esters is 1. The number of ether oxygens (including phenoxy) is 2. The van der Waals surface area contributed by atoms with Gasteiger partial charge >= 0.3 is 23.7 Å². The zero-order valence-corrected chi connectivity index (χ0v) is 20.6. The minimum Gasteiger partial charge on any atom is -0.455 e. The molecule has 202 valence electrons. The molecule has 10 heteroatoms. The number of pyridine rings is 1. The zero-order valence-electron chi connectivity index (χ0n) is 20.6. The number of halogens is 6. The minimum absolute atomic E-state index is 0.199. The summed E-state index contributed by atoms with van der Waals surface area (Å²) in [5.74, 6) is -17.8. The van der Waals surface area contributed by atoms with Gasteiger partial charge in [0.1, 0.15) is 13.7 Å². The molecular formula is C29H22F6NO3+. The van der Waals surface area contributed by atoms with Gasteiger partial charge in [0.15, 0.2) is 19.0 Å². The Morgan fingerprint density at radius 3 is 1.97 bits per heavy atom. The first kappa shape index (κ1) is 26.7. The number of benzene rings is 4. The molecule has 0 unspecified atom stereocenters. The fraction of sp³-hybridized carbons (Fsp3) is 0.241. The molecule has 1 aromatic heterocycles. The highest BCUT2D eigenvalue weighted by Crippen LogP contribution is 2.46. The van der Waals surface area contributed by atoms with Crippen LogP contribution in [0.1, 0.15) is 15.9 Å². The lowest BCUT2D eigenvalue weighted by atomic mass is 9.92. The third kappa shape index (κ3) is 4.73. The summed E-state index contributed by atoms with van der Waals surface area (Å²) in [6.45, 7) is -4.71. The maximum atomic E-state index is 14.4. The van der Waals surface area contributed by atoms with Gasteiger partial charge in [0.05, 0.1) is 12.2 Å². The Bertz CT molecular complexity index is 1640. The molecule has 0 N–H and O–H groups in total. The largest absolute Gasteiger partial charge is 0.455 e. The van der Waals surface area contributed by atoms with Crippen molar-refractivity contribution in [2.24, 2.45) is 7.05 Å². The Balaban J connectivity index is 1.29. The quantitative estimate of drug-likeness (QED) is 0.0896. The summed E-state index contributed by atoms with van der Waals surface area (Å²) >= 11 is 0.